The number of pyridine rings is 1. The number of aryl methyl sites for hydroxylation is 1. The Labute approximate surface area is 75.8 Å². The third-order valence-corrected chi connectivity index (χ3v) is 2.54. The molecule has 12 heavy (non-hydrogen) atoms. The molecule has 0 fully saturated rings. The molecule has 0 unspecified atom stereocenters. The van der Waals surface area contributed by atoms with Crippen LogP contribution in [0, 0.1) is 0 Å². The molecular formula is C7H8ClNO2S. The van der Waals surface area contributed by atoms with E-state index in [9.17, 15) is 8.42 Å². The van der Waals surface area contributed by atoms with Crippen molar-refractivity contribution in [3.8, 4) is 0 Å². The molecule has 0 N–H and O–H groups in total. The molecule has 3 nitrogen and oxygen atoms in total. The van der Waals surface area contributed by atoms with E-state index in [4.69, 9.17) is 10.7 Å². The number of hydrogen-bond donors (Lipinski definition) is 0. The number of nitrogens with zero attached hydrogens (tertiary/aromatic N) is 1. The van der Waals surface area contributed by atoms with Crippen LogP contribution in [0.25, 0.3) is 0 Å². The second-order valence-electron chi connectivity index (χ2n) is 2.35. The van der Waals surface area contributed by atoms with Gasteiger partial charge in [-0.05, 0) is 24.1 Å². The van der Waals surface area contributed by atoms with E-state index in [1.54, 1.807) is 24.5 Å². The Kier molecular flexibility index (Phi) is 3.05. The van der Waals surface area contributed by atoms with E-state index >= 15 is 0 Å². The SMILES string of the molecule is O=S(=O)(Cl)CCc1ccncc1. The lowest BCUT2D eigenvalue weighted by Gasteiger charge is -1.96. The van der Waals surface area contributed by atoms with Gasteiger partial charge in [0.25, 0.3) is 0 Å². The van der Waals surface area contributed by atoms with Gasteiger partial charge in [-0.2, -0.15) is 0 Å². The van der Waals surface area contributed by atoms with E-state index in [0.717, 1.165) is 5.56 Å². The van der Waals surface area contributed by atoms with Crippen LogP contribution in [0.3, 0.4) is 0 Å². The largest absolute Gasteiger partial charge is 0.265 e. The monoisotopic (exact) mass is 205 g/mol. The molecule has 1 heterocycles. The first-order valence-corrected chi connectivity index (χ1v) is 5.87. The Morgan fingerprint density at radius 3 is 2.42 bits per heavy atom. The number of rotatable bonds is 3. The molecule has 1 aromatic rings. The summed E-state index contributed by atoms with van der Waals surface area (Å²) in [4.78, 5) is 3.81. The van der Waals surface area contributed by atoms with Gasteiger partial charge in [0.1, 0.15) is 0 Å². The summed E-state index contributed by atoms with van der Waals surface area (Å²) in [6.45, 7) is 0. The topological polar surface area (TPSA) is 47.0 Å². The lowest BCUT2D eigenvalue weighted by Crippen LogP contribution is -2.00. The van der Waals surface area contributed by atoms with E-state index in [1.165, 1.54) is 0 Å². The Morgan fingerprint density at radius 2 is 1.92 bits per heavy atom. The Morgan fingerprint density at radius 1 is 1.33 bits per heavy atom. The number of hydrogen-bond acceptors (Lipinski definition) is 3. The lowest BCUT2D eigenvalue weighted by molar-refractivity contribution is 0.609. The molecular weight excluding hydrogens is 198 g/mol. The lowest BCUT2D eigenvalue weighted by atomic mass is 10.2. The summed E-state index contributed by atoms with van der Waals surface area (Å²) in [5.41, 5.74) is 0.925. The van der Waals surface area contributed by atoms with Crippen molar-refractivity contribution >= 4 is 19.7 Å². The normalized spacial score (nSPS) is 11.4. The highest BCUT2D eigenvalue weighted by atomic mass is 35.7. The maximum atomic E-state index is 10.6. The maximum Gasteiger partial charge on any atom is 0.232 e. The van der Waals surface area contributed by atoms with Gasteiger partial charge in [-0.25, -0.2) is 8.42 Å². The van der Waals surface area contributed by atoms with Crippen molar-refractivity contribution in [3.63, 3.8) is 0 Å². The number of halogens is 1. The zero-order valence-electron chi connectivity index (χ0n) is 6.27. The zero-order valence-corrected chi connectivity index (χ0v) is 7.85. The molecule has 0 aromatic carbocycles. The molecule has 66 valence electrons. The number of aromatic nitrogens is 1. The average Bonchev–Trinajstić information content (AvgIpc) is 2.02. The summed E-state index contributed by atoms with van der Waals surface area (Å²) in [7, 11) is 1.67. The van der Waals surface area contributed by atoms with Gasteiger partial charge in [-0.15, -0.1) is 0 Å². The molecule has 5 heteroatoms. The molecule has 0 saturated heterocycles. The molecule has 0 atom stereocenters. The van der Waals surface area contributed by atoms with Crippen LogP contribution in [-0.2, 0) is 15.5 Å². The Hall–Kier alpha value is -0.610. The highest BCUT2D eigenvalue weighted by molar-refractivity contribution is 8.13. The molecule has 0 amide bonds. The van der Waals surface area contributed by atoms with Crippen LogP contribution in [0.4, 0.5) is 0 Å². The van der Waals surface area contributed by atoms with Crippen molar-refractivity contribution in [2.75, 3.05) is 5.75 Å². The first kappa shape index (κ1) is 9.48. The third-order valence-electron chi connectivity index (χ3n) is 1.38. The molecule has 0 saturated carbocycles. The van der Waals surface area contributed by atoms with Crippen LogP contribution < -0.4 is 0 Å². The molecule has 0 radical (unpaired) electrons. The van der Waals surface area contributed by atoms with Gasteiger partial charge in [0.15, 0.2) is 0 Å². The second kappa shape index (κ2) is 3.87. The summed E-state index contributed by atoms with van der Waals surface area (Å²) in [6.07, 6.45) is 3.68. The van der Waals surface area contributed by atoms with Crippen molar-refractivity contribution in [1.82, 2.24) is 4.98 Å². The predicted molar refractivity (Wildman–Crippen MR) is 47.6 cm³/mol. The van der Waals surface area contributed by atoms with Gasteiger partial charge in [0.05, 0.1) is 5.75 Å². The van der Waals surface area contributed by atoms with Gasteiger partial charge in [0, 0.05) is 23.1 Å². The second-order valence-corrected chi connectivity index (χ2v) is 5.24. The average molecular weight is 206 g/mol. The molecule has 0 aliphatic carbocycles. The van der Waals surface area contributed by atoms with Gasteiger partial charge in [-0.3, -0.25) is 4.98 Å². The highest BCUT2D eigenvalue weighted by Gasteiger charge is 2.04. The summed E-state index contributed by atoms with van der Waals surface area (Å²) >= 11 is 0. The summed E-state index contributed by atoms with van der Waals surface area (Å²) in [6, 6.07) is 3.53. The fourth-order valence-electron chi connectivity index (χ4n) is 0.789. The summed E-state index contributed by atoms with van der Waals surface area (Å²) < 4.78 is 21.1. The van der Waals surface area contributed by atoms with E-state index in [0.29, 0.717) is 6.42 Å². The fourth-order valence-corrected chi connectivity index (χ4v) is 1.50. The van der Waals surface area contributed by atoms with E-state index in [2.05, 4.69) is 4.98 Å². The van der Waals surface area contributed by atoms with Crippen LogP contribution in [0.1, 0.15) is 5.56 Å². The first-order valence-electron chi connectivity index (χ1n) is 3.39. The zero-order chi connectivity index (χ0) is 9.03. The first-order chi connectivity index (χ1) is 5.58. The van der Waals surface area contributed by atoms with Crippen LogP contribution in [-0.4, -0.2) is 19.2 Å². The van der Waals surface area contributed by atoms with E-state index in [-0.39, 0.29) is 5.75 Å². The molecule has 1 rings (SSSR count). The van der Waals surface area contributed by atoms with Crippen LogP contribution in [0.5, 0.6) is 0 Å². The smallest absolute Gasteiger partial charge is 0.232 e. The minimum atomic E-state index is -3.37. The molecule has 1 aromatic heterocycles. The molecule has 0 bridgehead atoms. The van der Waals surface area contributed by atoms with Gasteiger partial charge >= 0.3 is 0 Å². The fraction of sp³-hybridized carbons (Fsp3) is 0.286. The molecule has 0 aliphatic rings. The maximum absolute atomic E-state index is 10.6. The summed E-state index contributed by atoms with van der Waals surface area (Å²) in [5, 5.41) is 0. The summed E-state index contributed by atoms with van der Waals surface area (Å²) in [5.74, 6) is -0.0292. The van der Waals surface area contributed by atoms with Crippen molar-refractivity contribution in [2.45, 2.75) is 6.42 Å². The van der Waals surface area contributed by atoms with Crippen LogP contribution in [0.2, 0.25) is 0 Å². The quantitative estimate of drug-likeness (QED) is 0.697. The van der Waals surface area contributed by atoms with E-state index < -0.39 is 9.05 Å². The predicted octanol–water partition coefficient (Wildman–Crippen LogP) is 1.19. The van der Waals surface area contributed by atoms with E-state index in [1.807, 2.05) is 0 Å². The van der Waals surface area contributed by atoms with Gasteiger partial charge < -0.3 is 0 Å². The Bertz CT molecular complexity index is 336. The third kappa shape index (κ3) is 3.69. The highest BCUT2D eigenvalue weighted by Crippen LogP contribution is 2.03. The standard InChI is InChI=1S/C7H8ClNO2S/c8-12(10,11)6-3-7-1-4-9-5-2-7/h1-2,4-5H,3,6H2. The van der Waals surface area contributed by atoms with Crippen molar-refractivity contribution in [2.24, 2.45) is 0 Å². The minimum Gasteiger partial charge on any atom is -0.265 e. The van der Waals surface area contributed by atoms with Crippen molar-refractivity contribution < 1.29 is 8.42 Å². The van der Waals surface area contributed by atoms with Crippen molar-refractivity contribution in [1.29, 1.82) is 0 Å². The van der Waals surface area contributed by atoms with Gasteiger partial charge in [-0.1, -0.05) is 0 Å². The van der Waals surface area contributed by atoms with Gasteiger partial charge in [0.2, 0.25) is 9.05 Å². The minimum absolute atomic E-state index is 0.0292. The van der Waals surface area contributed by atoms with Crippen LogP contribution >= 0.6 is 10.7 Å². The Balaban J connectivity index is 2.56. The molecule has 0 aliphatic heterocycles. The van der Waals surface area contributed by atoms with Crippen molar-refractivity contribution in [3.05, 3.63) is 30.1 Å². The molecule has 0 spiro atoms. The van der Waals surface area contributed by atoms with Crippen LogP contribution in [0.15, 0.2) is 24.5 Å².